The van der Waals surface area contributed by atoms with Crippen molar-refractivity contribution >= 4 is 41.1 Å². The van der Waals surface area contributed by atoms with Crippen LogP contribution in [0.4, 0.5) is 15.0 Å². The number of carboxylic acid groups (broad SMARTS) is 1. The molecule has 5 rings (SSSR count). The summed E-state index contributed by atoms with van der Waals surface area (Å²) in [6.45, 7) is 1.70. The normalized spacial score (nSPS) is 14.5. The predicted molar refractivity (Wildman–Crippen MR) is 148 cm³/mol. The van der Waals surface area contributed by atoms with Crippen molar-refractivity contribution in [3.8, 4) is 22.3 Å². The Morgan fingerprint density at radius 1 is 1.05 bits per heavy atom. The van der Waals surface area contributed by atoms with Crippen LogP contribution in [0.1, 0.15) is 37.0 Å². The maximum absolute atomic E-state index is 15.5. The molecule has 1 aliphatic carbocycles. The van der Waals surface area contributed by atoms with E-state index in [0.29, 0.717) is 45.7 Å². The Hall–Kier alpha value is -3.88. The first-order valence-corrected chi connectivity index (χ1v) is 12.9. The molecule has 10 heteroatoms. The van der Waals surface area contributed by atoms with Crippen LogP contribution in [0.15, 0.2) is 66.9 Å². The molecule has 7 nitrogen and oxygen atoms in total. The number of benzene rings is 3. The predicted octanol–water partition coefficient (Wildman–Crippen LogP) is 7.63. The standard InChI is InChI=1S/C29H24Cl2FN3O4/c1-16(19-5-3-4-6-23(19)30)39-28(38)34-26-22(15-33-35(26)2)21-13-24(31)20(14-25(21)32)17-7-9-18(10-8-17)29(11-12-29)27(36)37/h3-10,13-16H,11-12H2,1-2H3,(H,34,38)(H,36,37)/t16-/m1/s1. The Kier molecular flexibility index (Phi) is 7.09. The monoisotopic (exact) mass is 567 g/mol. The van der Waals surface area contributed by atoms with Crippen LogP contribution in [0, 0.1) is 5.82 Å². The van der Waals surface area contributed by atoms with Gasteiger partial charge in [-0.2, -0.15) is 5.10 Å². The van der Waals surface area contributed by atoms with Crippen molar-refractivity contribution < 1.29 is 23.8 Å². The number of amides is 1. The summed E-state index contributed by atoms with van der Waals surface area (Å²) >= 11 is 12.8. The molecule has 3 aromatic carbocycles. The molecule has 200 valence electrons. The average molecular weight is 568 g/mol. The topological polar surface area (TPSA) is 93.4 Å². The second-order valence-corrected chi connectivity index (χ2v) is 10.3. The number of rotatable bonds is 7. The van der Waals surface area contributed by atoms with Crippen molar-refractivity contribution in [2.24, 2.45) is 7.05 Å². The van der Waals surface area contributed by atoms with Gasteiger partial charge in [0, 0.05) is 39.3 Å². The number of nitrogens with one attached hydrogen (secondary N) is 1. The summed E-state index contributed by atoms with van der Waals surface area (Å²) in [4.78, 5) is 24.3. The molecule has 0 bridgehead atoms. The summed E-state index contributed by atoms with van der Waals surface area (Å²) in [5.74, 6) is -1.19. The van der Waals surface area contributed by atoms with Crippen molar-refractivity contribution in [1.29, 1.82) is 0 Å². The fraction of sp³-hybridized carbons (Fsp3) is 0.207. The summed E-state index contributed by atoms with van der Waals surface area (Å²) in [5.41, 5.74) is 2.11. The molecule has 1 atom stereocenters. The van der Waals surface area contributed by atoms with Crippen molar-refractivity contribution in [3.05, 3.63) is 93.8 Å². The summed E-state index contributed by atoms with van der Waals surface area (Å²) in [6, 6.07) is 16.8. The number of ether oxygens (including phenoxy) is 1. The van der Waals surface area contributed by atoms with Gasteiger partial charge in [-0.25, -0.2) is 9.18 Å². The van der Waals surface area contributed by atoms with Crippen molar-refractivity contribution in [2.75, 3.05) is 5.32 Å². The van der Waals surface area contributed by atoms with Gasteiger partial charge in [0.25, 0.3) is 0 Å². The quantitative estimate of drug-likeness (QED) is 0.239. The van der Waals surface area contributed by atoms with Gasteiger partial charge in [-0.05, 0) is 49.1 Å². The van der Waals surface area contributed by atoms with Gasteiger partial charge >= 0.3 is 12.1 Å². The largest absolute Gasteiger partial charge is 0.481 e. The molecule has 1 amide bonds. The average Bonchev–Trinajstić information content (AvgIpc) is 3.65. The number of aryl methyl sites for hydroxylation is 1. The van der Waals surface area contributed by atoms with E-state index in [4.69, 9.17) is 27.9 Å². The highest BCUT2D eigenvalue weighted by Gasteiger charge is 2.51. The first-order valence-electron chi connectivity index (χ1n) is 12.2. The summed E-state index contributed by atoms with van der Waals surface area (Å²) in [5, 5.41) is 17.1. The van der Waals surface area contributed by atoms with E-state index < -0.39 is 29.4 Å². The molecule has 0 spiro atoms. The summed E-state index contributed by atoms with van der Waals surface area (Å²) in [7, 11) is 1.61. The fourth-order valence-electron chi connectivity index (χ4n) is 4.63. The van der Waals surface area contributed by atoms with Crippen LogP contribution >= 0.6 is 23.2 Å². The fourth-order valence-corrected chi connectivity index (χ4v) is 5.19. The van der Waals surface area contributed by atoms with Crippen LogP contribution in [0.5, 0.6) is 0 Å². The van der Waals surface area contributed by atoms with Crippen molar-refractivity contribution in [1.82, 2.24) is 9.78 Å². The number of carbonyl (C=O) groups excluding carboxylic acids is 1. The Morgan fingerprint density at radius 2 is 1.74 bits per heavy atom. The second kappa shape index (κ2) is 10.4. The zero-order valence-corrected chi connectivity index (χ0v) is 22.6. The van der Waals surface area contributed by atoms with E-state index in [1.807, 2.05) is 0 Å². The summed E-state index contributed by atoms with van der Waals surface area (Å²) < 4.78 is 22.3. The number of carboxylic acids is 1. The minimum Gasteiger partial charge on any atom is -0.481 e. The summed E-state index contributed by atoms with van der Waals surface area (Å²) in [6.07, 6.45) is 1.24. The first kappa shape index (κ1) is 26.7. The molecule has 1 saturated carbocycles. The number of carbonyl (C=O) groups is 2. The van der Waals surface area contributed by atoms with Crippen molar-refractivity contribution in [2.45, 2.75) is 31.3 Å². The molecule has 1 heterocycles. The molecule has 0 unspecified atom stereocenters. The van der Waals surface area contributed by atoms with E-state index in [0.717, 1.165) is 0 Å². The second-order valence-electron chi connectivity index (χ2n) is 9.50. The number of nitrogens with zero attached hydrogens (tertiary/aromatic N) is 2. The van der Waals surface area contributed by atoms with Crippen LogP contribution in [0.3, 0.4) is 0 Å². The Bertz CT molecular complexity index is 1580. The number of halogens is 3. The molecular weight excluding hydrogens is 544 g/mol. The number of hydrogen-bond acceptors (Lipinski definition) is 4. The molecule has 0 radical (unpaired) electrons. The number of anilines is 1. The zero-order chi connectivity index (χ0) is 27.9. The van der Waals surface area contributed by atoms with Crippen LogP contribution in [-0.2, 0) is 22.0 Å². The van der Waals surface area contributed by atoms with Gasteiger partial charge in [0.15, 0.2) is 0 Å². The molecule has 1 aromatic heterocycles. The minimum absolute atomic E-state index is 0.144. The highest BCUT2D eigenvalue weighted by Crippen LogP contribution is 2.49. The molecule has 0 saturated heterocycles. The molecular formula is C29H24Cl2FN3O4. The first-order chi connectivity index (χ1) is 18.6. The lowest BCUT2D eigenvalue weighted by molar-refractivity contribution is -0.140. The highest BCUT2D eigenvalue weighted by atomic mass is 35.5. The lowest BCUT2D eigenvalue weighted by atomic mass is 9.93. The van der Waals surface area contributed by atoms with Gasteiger partial charge in [-0.3, -0.25) is 14.8 Å². The van der Waals surface area contributed by atoms with Gasteiger partial charge in [-0.1, -0.05) is 65.7 Å². The lowest BCUT2D eigenvalue weighted by Crippen LogP contribution is -2.19. The van der Waals surface area contributed by atoms with E-state index in [1.165, 1.54) is 23.0 Å². The third-order valence-electron chi connectivity index (χ3n) is 7.04. The Balaban J connectivity index is 1.38. The number of aromatic nitrogens is 2. The highest BCUT2D eigenvalue weighted by molar-refractivity contribution is 6.33. The van der Waals surface area contributed by atoms with Gasteiger partial charge in [0.05, 0.1) is 11.6 Å². The smallest absolute Gasteiger partial charge is 0.413 e. The van der Waals surface area contributed by atoms with E-state index in [2.05, 4.69) is 10.4 Å². The van der Waals surface area contributed by atoms with Crippen LogP contribution in [-0.4, -0.2) is 26.9 Å². The van der Waals surface area contributed by atoms with E-state index in [-0.39, 0.29) is 16.4 Å². The lowest BCUT2D eigenvalue weighted by Gasteiger charge is -2.16. The van der Waals surface area contributed by atoms with Gasteiger partial charge in [0.1, 0.15) is 17.7 Å². The van der Waals surface area contributed by atoms with Gasteiger partial charge in [-0.15, -0.1) is 0 Å². The minimum atomic E-state index is -0.841. The van der Waals surface area contributed by atoms with E-state index in [1.54, 1.807) is 62.5 Å². The molecule has 4 aromatic rings. The van der Waals surface area contributed by atoms with Crippen LogP contribution < -0.4 is 5.32 Å². The Labute approximate surface area is 234 Å². The Morgan fingerprint density at radius 3 is 2.38 bits per heavy atom. The van der Waals surface area contributed by atoms with Gasteiger partial charge < -0.3 is 9.84 Å². The molecule has 39 heavy (non-hydrogen) atoms. The SMILES string of the molecule is C[C@@H](OC(=O)Nc1c(-c2cc(Cl)c(-c3ccc(C4(C(=O)O)CC4)cc3)cc2F)cnn1C)c1ccccc1Cl. The molecule has 1 aliphatic rings. The maximum Gasteiger partial charge on any atom is 0.413 e. The maximum atomic E-state index is 15.5. The molecule has 0 aliphatic heterocycles. The van der Waals surface area contributed by atoms with Crippen molar-refractivity contribution in [3.63, 3.8) is 0 Å². The van der Waals surface area contributed by atoms with Gasteiger partial charge in [0.2, 0.25) is 0 Å². The third kappa shape index (κ3) is 5.10. The van der Waals surface area contributed by atoms with Crippen LogP contribution in [0.25, 0.3) is 22.3 Å². The number of aliphatic carboxylic acids is 1. The zero-order valence-electron chi connectivity index (χ0n) is 21.0. The van der Waals surface area contributed by atoms with E-state index >= 15 is 4.39 Å². The number of hydrogen-bond donors (Lipinski definition) is 2. The third-order valence-corrected chi connectivity index (χ3v) is 7.70. The van der Waals surface area contributed by atoms with E-state index in [9.17, 15) is 14.7 Å². The molecule has 2 N–H and O–H groups in total. The van der Waals surface area contributed by atoms with Crippen LogP contribution in [0.2, 0.25) is 10.0 Å². The molecule has 1 fully saturated rings.